The molecule has 3 rings (SSSR count). The summed E-state index contributed by atoms with van der Waals surface area (Å²) in [6.45, 7) is 5.12. The summed E-state index contributed by atoms with van der Waals surface area (Å²) in [6, 6.07) is 0. The van der Waals surface area contributed by atoms with Crippen LogP contribution in [0.4, 0.5) is 0 Å². The number of ether oxygens (including phenoxy) is 3. The van der Waals surface area contributed by atoms with Gasteiger partial charge >= 0.3 is 11.9 Å². The third kappa shape index (κ3) is 4.65. The van der Waals surface area contributed by atoms with Gasteiger partial charge in [-0.2, -0.15) is 0 Å². The SMILES string of the molecule is C=C1C(=O)O[C@H]2/C=C(/C)CCC/C(C(=O)O[C@@H]3O[C@H](CO)[C@@H](O)[C@H](O)[C@H]3O)=C\C[C@H]12. The predicted molar refractivity (Wildman–Crippen MR) is 103 cm³/mol. The van der Waals surface area contributed by atoms with Gasteiger partial charge in [0.05, 0.1) is 6.61 Å². The Hall–Kier alpha value is -2.04. The van der Waals surface area contributed by atoms with E-state index in [4.69, 9.17) is 14.2 Å². The van der Waals surface area contributed by atoms with Gasteiger partial charge in [0, 0.05) is 17.1 Å². The molecule has 0 amide bonds. The molecule has 2 fully saturated rings. The number of hydrogen-bond donors (Lipinski definition) is 4. The molecule has 2 heterocycles. The van der Waals surface area contributed by atoms with Crippen LogP contribution in [0.15, 0.2) is 35.5 Å². The summed E-state index contributed by atoms with van der Waals surface area (Å²) in [7, 11) is 0. The quantitative estimate of drug-likeness (QED) is 0.277. The molecule has 0 spiro atoms. The molecule has 9 nitrogen and oxygen atoms in total. The normalized spacial score (nSPS) is 41.0. The monoisotopic (exact) mass is 424 g/mol. The lowest BCUT2D eigenvalue weighted by Gasteiger charge is -2.39. The number of aliphatic hydroxyl groups is 4. The van der Waals surface area contributed by atoms with Crippen molar-refractivity contribution in [1.82, 2.24) is 0 Å². The second-order valence-electron chi connectivity index (χ2n) is 7.94. The maximum Gasteiger partial charge on any atom is 0.336 e. The summed E-state index contributed by atoms with van der Waals surface area (Å²) >= 11 is 0. The van der Waals surface area contributed by atoms with Crippen LogP contribution in [0.1, 0.15) is 32.6 Å². The molecule has 30 heavy (non-hydrogen) atoms. The summed E-state index contributed by atoms with van der Waals surface area (Å²) in [5.41, 5.74) is 1.73. The number of rotatable bonds is 3. The minimum atomic E-state index is -1.66. The molecule has 0 saturated carbocycles. The molecule has 9 heteroatoms. The Labute approximate surface area is 174 Å². The second kappa shape index (κ2) is 9.40. The molecule has 2 saturated heterocycles. The number of carbonyl (C=O) groups is 2. The van der Waals surface area contributed by atoms with E-state index in [1.165, 1.54) is 0 Å². The van der Waals surface area contributed by atoms with Crippen LogP contribution in [-0.2, 0) is 23.8 Å². The molecule has 3 aliphatic rings. The van der Waals surface area contributed by atoms with Crippen molar-refractivity contribution in [3.63, 3.8) is 0 Å². The van der Waals surface area contributed by atoms with E-state index in [0.717, 1.165) is 5.57 Å². The van der Waals surface area contributed by atoms with Crippen LogP contribution in [0.5, 0.6) is 0 Å². The van der Waals surface area contributed by atoms with E-state index < -0.39 is 55.4 Å². The van der Waals surface area contributed by atoms with Crippen molar-refractivity contribution >= 4 is 11.9 Å². The van der Waals surface area contributed by atoms with Crippen LogP contribution >= 0.6 is 0 Å². The number of aliphatic hydroxyl groups excluding tert-OH is 4. The summed E-state index contributed by atoms with van der Waals surface area (Å²) < 4.78 is 15.9. The number of hydrogen-bond acceptors (Lipinski definition) is 9. The van der Waals surface area contributed by atoms with E-state index in [2.05, 4.69) is 6.58 Å². The predicted octanol–water partition coefficient (Wildman–Crippen LogP) is -0.126. The molecule has 7 atom stereocenters. The highest BCUT2D eigenvalue weighted by atomic mass is 16.7. The molecule has 2 aliphatic heterocycles. The molecule has 0 unspecified atom stereocenters. The highest BCUT2D eigenvalue weighted by Gasteiger charge is 2.45. The third-order valence-corrected chi connectivity index (χ3v) is 5.77. The number of esters is 2. The van der Waals surface area contributed by atoms with Crippen molar-refractivity contribution in [1.29, 1.82) is 0 Å². The van der Waals surface area contributed by atoms with Crippen LogP contribution in [0.3, 0.4) is 0 Å². The zero-order valence-corrected chi connectivity index (χ0v) is 16.8. The highest BCUT2D eigenvalue weighted by Crippen LogP contribution is 2.33. The Morgan fingerprint density at radius 2 is 1.97 bits per heavy atom. The fourth-order valence-electron chi connectivity index (χ4n) is 3.88. The van der Waals surface area contributed by atoms with Crippen LogP contribution in [-0.4, -0.2) is 75.8 Å². The van der Waals surface area contributed by atoms with Gasteiger partial charge in [0.2, 0.25) is 6.29 Å². The zero-order chi connectivity index (χ0) is 22.0. The first kappa shape index (κ1) is 22.6. The van der Waals surface area contributed by atoms with Gasteiger partial charge in [-0.05, 0) is 38.7 Å². The van der Waals surface area contributed by atoms with Crippen LogP contribution in [0.2, 0.25) is 0 Å². The average Bonchev–Trinajstić information content (AvgIpc) is 2.97. The van der Waals surface area contributed by atoms with E-state index in [9.17, 15) is 30.0 Å². The lowest BCUT2D eigenvalue weighted by molar-refractivity contribution is -0.291. The molecule has 0 radical (unpaired) electrons. The summed E-state index contributed by atoms with van der Waals surface area (Å²) in [5.74, 6) is -1.48. The lowest BCUT2D eigenvalue weighted by atomic mass is 9.89. The molecule has 0 aromatic carbocycles. The van der Waals surface area contributed by atoms with E-state index in [0.29, 0.717) is 36.8 Å². The number of carbonyl (C=O) groups excluding carboxylic acids is 2. The average molecular weight is 424 g/mol. The van der Waals surface area contributed by atoms with E-state index >= 15 is 0 Å². The summed E-state index contributed by atoms with van der Waals surface area (Å²) in [4.78, 5) is 24.7. The van der Waals surface area contributed by atoms with Gasteiger partial charge in [-0.1, -0.05) is 18.2 Å². The van der Waals surface area contributed by atoms with Gasteiger partial charge in [-0.25, -0.2) is 9.59 Å². The van der Waals surface area contributed by atoms with Crippen molar-refractivity contribution in [2.24, 2.45) is 5.92 Å². The van der Waals surface area contributed by atoms with E-state index in [-0.39, 0.29) is 5.92 Å². The molecule has 0 aromatic heterocycles. The van der Waals surface area contributed by atoms with Crippen LogP contribution in [0.25, 0.3) is 0 Å². The molecule has 0 aromatic rings. The maximum atomic E-state index is 12.8. The Balaban J connectivity index is 1.74. The Kier molecular flexibility index (Phi) is 7.10. The first-order chi connectivity index (χ1) is 14.2. The zero-order valence-electron chi connectivity index (χ0n) is 16.8. The van der Waals surface area contributed by atoms with E-state index in [1.54, 1.807) is 6.08 Å². The molecule has 1 aliphatic carbocycles. The smallest absolute Gasteiger partial charge is 0.336 e. The first-order valence-electron chi connectivity index (χ1n) is 10.0. The lowest BCUT2D eigenvalue weighted by Crippen LogP contribution is -2.59. The van der Waals surface area contributed by atoms with Crippen molar-refractivity contribution in [3.05, 3.63) is 35.5 Å². The van der Waals surface area contributed by atoms with Crippen molar-refractivity contribution in [3.8, 4) is 0 Å². The Bertz CT molecular complexity index is 754. The summed E-state index contributed by atoms with van der Waals surface area (Å²) in [6.07, 6.45) is -2.28. The summed E-state index contributed by atoms with van der Waals surface area (Å²) in [5, 5.41) is 39.1. The fourth-order valence-corrected chi connectivity index (χ4v) is 3.88. The first-order valence-corrected chi connectivity index (χ1v) is 10.0. The molecule has 0 bridgehead atoms. The highest BCUT2D eigenvalue weighted by molar-refractivity contribution is 5.91. The van der Waals surface area contributed by atoms with Crippen LogP contribution in [0, 0.1) is 5.92 Å². The standard InChI is InChI=1S/C21H28O9/c1-10-4-3-5-12(6-7-13-11(2)19(26)28-14(13)8-10)20(27)30-21-18(25)17(24)16(23)15(9-22)29-21/h6,8,13-18,21-25H,2-5,7,9H2,1H3/b10-8-,12-6+/t13-,14+,15-,16-,17+,18-,21+/m1/s1. The number of allylic oxidation sites excluding steroid dienone is 2. The maximum absolute atomic E-state index is 12.8. The third-order valence-electron chi connectivity index (χ3n) is 5.77. The molecule has 4 N–H and O–H groups in total. The molecular weight excluding hydrogens is 396 g/mol. The van der Waals surface area contributed by atoms with Crippen molar-refractivity contribution in [2.75, 3.05) is 6.61 Å². The van der Waals surface area contributed by atoms with Crippen molar-refractivity contribution < 1.29 is 44.2 Å². The Morgan fingerprint density at radius 1 is 1.23 bits per heavy atom. The van der Waals surface area contributed by atoms with Gasteiger partial charge in [-0.3, -0.25) is 0 Å². The van der Waals surface area contributed by atoms with Gasteiger partial charge in [0.25, 0.3) is 0 Å². The number of fused-ring (bicyclic) bond motifs is 1. The topological polar surface area (TPSA) is 143 Å². The fraction of sp³-hybridized carbons (Fsp3) is 0.619. The molecular formula is C21H28O9. The van der Waals surface area contributed by atoms with Gasteiger partial charge in [-0.15, -0.1) is 0 Å². The minimum Gasteiger partial charge on any atom is -0.454 e. The van der Waals surface area contributed by atoms with Gasteiger partial charge in [0.1, 0.15) is 30.5 Å². The van der Waals surface area contributed by atoms with E-state index in [1.807, 2.05) is 13.0 Å². The Morgan fingerprint density at radius 3 is 2.67 bits per heavy atom. The largest absolute Gasteiger partial charge is 0.454 e. The van der Waals surface area contributed by atoms with Gasteiger partial charge in [0.15, 0.2) is 0 Å². The molecule has 166 valence electrons. The minimum absolute atomic E-state index is 0.291. The van der Waals surface area contributed by atoms with Gasteiger partial charge < -0.3 is 34.6 Å². The van der Waals surface area contributed by atoms with Crippen LogP contribution < -0.4 is 0 Å². The second-order valence-corrected chi connectivity index (χ2v) is 7.94. The van der Waals surface area contributed by atoms with Crippen molar-refractivity contribution in [2.45, 2.75) is 69.4 Å².